The number of benzene rings is 1. The van der Waals surface area contributed by atoms with E-state index in [9.17, 15) is 13.5 Å². The van der Waals surface area contributed by atoms with E-state index in [1.165, 1.54) is 11.3 Å². The van der Waals surface area contributed by atoms with Crippen molar-refractivity contribution in [3.05, 3.63) is 46.7 Å². The molecular weight excluding hydrogens is 306 g/mol. The third-order valence-corrected chi connectivity index (χ3v) is 6.19. The minimum atomic E-state index is -3.29. The highest BCUT2D eigenvalue weighted by Gasteiger charge is 2.25. The monoisotopic (exact) mass is 325 g/mol. The summed E-state index contributed by atoms with van der Waals surface area (Å²) in [4.78, 5) is 1.11. The molecule has 0 bridgehead atoms. The zero-order chi connectivity index (χ0) is 15.5. The minimum Gasteiger partial charge on any atom is -0.383 e. The van der Waals surface area contributed by atoms with Gasteiger partial charge in [-0.25, -0.2) is 8.42 Å². The molecular formula is C15H19NO3S2. The van der Waals surface area contributed by atoms with Crippen molar-refractivity contribution in [2.75, 3.05) is 17.6 Å². The second kappa shape index (κ2) is 6.17. The first kappa shape index (κ1) is 16.0. The first-order chi connectivity index (χ1) is 9.87. The van der Waals surface area contributed by atoms with Gasteiger partial charge in [0.05, 0.1) is 16.3 Å². The van der Waals surface area contributed by atoms with Crippen molar-refractivity contribution in [3.8, 4) is 0 Å². The van der Waals surface area contributed by atoms with Crippen molar-refractivity contribution < 1.29 is 13.5 Å². The first-order valence-corrected chi connectivity index (χ1v) is 9.22. The number of sulfone groups is 1. The van der Waals surface area contributed by atoms with Crippen LogP contribution in [0.5, 0.6) is 0 Å². The van der Waals surface area contributed by atoms with Gasteiger partial charge in [0.2, 0.25) is 0 Å². The van der Waals surface area contributed by atoms with E-state index >= 15 is 0 Å². The number of thiophene rings is 1. The molecule has 0 saturated heterocycles. The molecule has 1 atom stereocenters. The molecule has 114 valence electrons. The summed E-state index contributed by atoms with van der Waals surface area (Å²) in [6.07, 6.45) is 0. The fraction of sp³-hybridized carbons (Fsp3) is 0.333. The number of rotatable bonds is 6. The van der Waals surface area contributed by atoms with Crippen LogP contribution < -0.4 is 5.32 Å². The third-order valence-electron chi connectivity index (χ3n) is 3.28. The van der Waals surface area contributed by atoms with Gasteiger partial charge in [0.15, 0.2) is 9.84 Å². The lowest BCUT2D eigenvalue weighted by atomic mass is 10.1. The summed E-state index contributed by atoms with van der Waals surface area (Å²) >= 11 is 1.47. The maximum atomic E-state index is 12.1. The van der Waals surface area contributed by atoms with Crippen molar-refractivity contribution in [3.63, 3.8) is 0 Å². The molecule has 6 heteroatoms. The van der Waals surface area contributed by atoms with Crippen LogP contribution in [0.1, 0.15) is 18.7 Å². The second-order valence-electron chi connectivity index (χ2n) is 5.00. The number of hydrogen-bond acceptors (Lipinski definition) is 5. The molecule has 1 heterocycles. The zero-order valence-corrected chi connectivity index (χ0v) is 13.7. The van der Waals surface area contributed by atoms with Crippen LogP contribution in [0.3, 0.4) is 0 Å². The van der Waals surface area contributed by atoms with E-state index in [0.29, 0.717) is 5.69 Å². The van der Waals surface area contributed by atoms with Gasteiger partial charge in [0.25, 0.3) is 0 Å². The Morgan fingerprint density at radius 1 is 1.24 bits per heavy atom. The van der Waals surface area contributed by atoms with E-state index in [-0.39, 0.29) is 17.2 Å². The van der Waals surface area contributed by atoms with Crippen molar-refractivity contribution in [1.29, 1.82) is 0 Å². The molecule has 1 unspecified atom stereocenters. The average molecular weight is 325 g/mol. The van der Waals surface area contributed by atoms with E-state index in [1.54, 1.807) is 38.1 Å². The van der Waals surface area contributed by atoms with Crippen LogP contribution in [0.4, 0.5) is 5.69 Å². The quantitative estimate of drug-likeness (QED) is 0.857. The summed E-state index contributed by atoms with van der Waals surface area (Å²) in [5, 5.41) is 15.4. The summed E-state index contributed by atoms with van der Waals surface area (Å²) in [6.45, 7) is 3.57. The predicted molar refractivity (Wildman–Crippen MR) is 86.5 cm³/mol. The summed E-state index contributed by atoms with van der Waals surface area (Å²) < 4.78 is 24.1. The number of para-hydroxylation sites is 1. The van der Waals surface area contributed by atoms with Gasteiger partial charge in [0.1, 0.15) is 5.60 Å². The normalized spacial score (nSPS) is 14.6. The van der Waals surface area contributed by atoms with Crippen LogP contribution in [-0.2, 0) is 15.4 Å². The Kier molecular flexibility index (Phi) is 4.70. The largest absolute Gasteiger partial charge is 0.383 e. The summed E-state index contributed by atoms with van der Waals surface area (Å²) in [5.41, 5.74) is -0.520. The Morgan fingerprint density at radius 3 is 2.57 bits per heavy atom. The lowest BCUT2D eigenvalue weighted by molar-refractivity contribution is 0.0754. The van der Waals surface area contributed by atoms with Crippen molar-refractivity contribution in [2.24, 2.45) is 0 Å². The molecule has 4 nitrogen and oxygen atoms in total. The van der Waals surface area contributed by atoms with Crippen LogP contribution in [0.15, 0.2) is 46.7 Å². The summed E-state index contributed by atoms with van der Waals surface area (Å²) in [7, 11) is -3.29. The molecule has 0 spiro atoms. The highest BCUT2D eigenvalue weighted by molar-refractivity contribution is 7.91. The van der Waals surface area contributed by atoms with Crippen molar-refractivity contribution in [1.82, 2.24) is 0 Å². The highest BCUT2D eigenvalue weighted by Crippen LogP contribution is 2.27. The number of aliphatic hydroxyl groups is 1. The van der Waals surface area contributed by atoms with Gasteiger partial charge in [-0.1, -0.05) is 25.1 Å². The van der Waals surface area contributed by atoms with Gasteiger partial charge in [-0.2, -0.15) is 0 Å². The van der Waals surface area contributed by atoms with Gasteiger partial charge in [-0.3, -0.25) is 0 Å². The van der Waals surface area contributed by atoms with Crippen LogP contribution in [0.2, 0.25) is 0 Å². The standard InChI is InChI=1S/C15H19NO3S2/c1-3-21(18,19)13-8-5-4-7-12(13)16-11-15(2,17)14-9-6-10-20-14/h4-10,16-17H,3,11H2,1-2H3. The molecule has 21 heavy (non-hydrogen) atoms. The molecule has 1 aromatic heterocycles. The summed E-state index contributed by atoms with van der Waals surface area (Å²) in [5.74, 6) is 0.0486. The molecule has 0 aliphatic carbocycles. The fourth-order valence-electron chi connectivity index (χ4n) is 1.98. The predicted octanol–water partition coefficient (Wildman–Crippen LogP) is 2.86. The third kappa shape index (κ3) is 3.64. The van der Waals surface area contributed by atoms with Gasteiger partial charge < -0.3 is 10.4 Å². The first-order valence-electron chi connectivity index (χ1n) is 6.69. The van der Waals surface area contributed by atoms with E-state index in [2.05, 4.69) is 5.32 Å². The summed E-state index contributed by atoms with van der Waals surface area (Å²) in [6, 6.07) is 10.5. The molecule has 1 aromatic carbocycles. The number of nitrogens with one attached hydrogen (secondary N) is 1. The molecule has 2 rings (SSSR count). The Bertz CT molecular complexity index is 691. The van der Waals surface area contributed by atoms with Crippen LogP contribution in [0, 0.1) is 0 Å². The van der Waals surface area contributed by atoms with E-state index in [1.807, 2.05) is 17.5 Å². The van der Waals surface area contributed by atoms with Gasteiger partial charge in [0, 0.05) is 11.4 Å². The van der Waals surface area contributed by atoms with Crippen molar-refractivity contribution >= 4 is 26.9 Å². The topological polar surface area (TPSA) is 66.4 Å². The molecule has 0 radical (unpaired) electrons. The van der Waals surface area contributed by atoms with Crippen LogP contribution in [0.25, 0.3) is 0 Å². The molecule has 0 saturated carbocycles. The van der Waals surface area contributed by atoms with Gasteiger partial charge in [-0.05, 0) is 30.5 Å². The molecule has 2 N–H and O–H groups in total. The maximum absolute atomic E-state index is 12.1. The van der Waals surface area contributed by atoms with Crippen LogP contribution in [-0.4, -0.2) is 25.8 Å². The Hall–Kier alpha value is -1.37. The fourth-order valence-corrected chi connectivity index (χ4v) is 3.84. The minimum absolute atomic E-state index is 0.0486. The molecule has 0 fully saturated rings. The molecule has 2 aromatic rings. The SMILES string of the molecule is CCS(=O)(=O)c1ccccc1NCC(C)(O)c1cccs1. The van der Waals surface area contributed by atoms with Crippen molar-refractivity contribution in [2.45, 2.75) is 24.3 Å². The molecule has 0 amide bonds. The lowest BCUT2D eigenvalue weighted by Crippen LogP contribution is -2.30. The van der Waals surface area contributed by atoms with Gasteiger partial charge >= 0.3 is 0 Å². The van der Waals surface area contributed by atoms with Crippen LogP contribution >= 0.6 is 11.3 Å². The van der Waals surface area contributed by atoms with E-state index in [4.69, 9.17) is 0 Å². The Labute approximate surface area is 129 Å². The maximum Gasteiger partial charge on any atom is 0.180 e. The Morgan fingerprint density at radius 2 is 1.95 bits per heavy atom. The molecule has 0 aliphatic rings. The smallest absolute Gasteiger partial charge is 0.180 e. The number of hydrogen-bond donors (Lipinski definition) is 2. The average Bonchev–Trinajstić information content (AvgIpc) is 3.00. The number of anilines is 1. The highest BCUT2D eigenvalue weighted by atomic mass is 32.2. The van der Waals surface area contributed by atoms with Gasteiger partial charge in [-0.15, -0.1) is 11.3 Å². The zero-order valence-electron chi connectivity index (χ0n) is 12.0. The second-order valence-corrected chi connectivity index (χ2v) is 8.20. The van der Waals surface area contributed by atoms with E-state index in [0.717, 1.165) is 4.88 Å². The molecule has 0 aliphatic heterocycles. The lowest BCUT2D eigenvalue weighted by Gasteiger charge is -2.23. The van der Waals surface area contributed by atoms with E-state index < -0.39 is 15.4 Å². The Balaban J connectivity index is 2.22.